The molecule has 4 heteroatoms. The van der Waals surface area contributed by atoms with E-state index in [-0.39, 0.29) is 12.2 Å². The lowest BCUT2D eigenvalue weighted by Gasteiger charge is -1.94. The lowest BCUT2D eigenvalue weighted by atomic mass is 10.2. The lowest BCUT2D eigenvalue weighted by Crippen LogP contribution is -1.93. The van der Waals surface area contributed by atoms with E-state index in [0.717, 1.165) is 16.4 Å². The van der Waals surface area contributed by atoms with Crippen LogP contribution >= 0.6 is 0 Å². The van der Waals surface area contributed by atoms with E-state index in [0.29, 0.717) is 5.58 Å². The van der Waals surface area contributed by atoms with Crippen LogP contribution in [0.25, 0.3) is 21.9 Å². The first-order valence-corrected chi connectivity index (χ1v) is 5.26. The summed E-state index contributed by atoms with van der Waals surface area (Å²) in [7, 11) is 0. The Kier molecular flexibility index (Phi) is 3.25. The minimum Gasteiger partial charge on any atom is -0.464 e. The molecule has 88 valence electrons. The van der Waals surface area contributed by atoms with Crippen molar-refractivity contribution in [2.75, 3.05) is 6.61 Å². The van der Waals surface area contributed by atoms with Gasteiger partial charge in [-0.1, -0.05) is 0 Å². The molecule has 0 radical (unpaired) electrons. The molecular formula is C13H12O4. The number of benzene rings is 1. The van der Waals surface area contributed by atoms with E-state index >= 15 is 0 Å². The second kappa shape index (κ2) is 4.84. The van der Waals surface area contributed by atoms with Gasteiger partial charge in [-0.15, -0.1) is 0 Å². The molecule has 0 atom stereocenters. The molecule has 0 unspecified atom stereocenters. The summed E-state index contributed by atoms with van der Waals surface area (Å²) in [5.74, 6) is 0. The van der Waals surface area contributed by atoms with Crippen molar-refractivity contribution < 1.29 is 13.9 Å². The Morgan fingerprint density at radius 3 is 2.59 bits per heavy atom. The van der Waals surface area contributed by atoms with Crippen LogP contribution in [0.2, 0.25) is 0 Å². The van der Waals surface area contributed by atoms with Crippen molar-refractivity contribution in [2.45, 2.75) is 6.92 Å². The fourth-order valence-electron chi connectivity index (χ4n) is 1.53. The largest absolute Gasteiger partial charge is 0.464 e. The average molecular weight is 232 g/mol. The summed E-state index contributed by atoms with van der Waals surface area (Å²) >= 11 is 0. The van der Waals surface area contributed by atoms with Crippen molar-refractivity contribution in [3.05, 3.63) is 47.0 Å². The number of furan rings is 1. The van der Waals surface area contributed by atoms with E-state index in [1.165, 1.54) is 6.07 Å². The zero-order valence-corrected chi connectivity index (χ0v) is 9.34. The first kappa shape index (κ1) is 11.4. The minimum atomic E-state index is -0.344. The number of hydrogen-bond donors (Lipinski definition) is 1. The van der Waals surface area contributed by atoms with E-state index in [2.05, 4.69) is 0 Å². The second-order valence-corrected chi connectivity index (χ2v) is 3.42. The molecular weight excluding hydrogens is 220 g/mol. The van der Waals surface area contributed by atoms with E-state index in [1.807, 2.05) is 12.1 Å². The van der Waals surface area contributed by atoms with Gasteiger partial charge >= 0.3 is 5.63 Å². The van der Waals surface area contributed by atoms with Crippen LogP contribution in [0.15, 0.2) is 50.2 Å². The first-order valence-electron chi connectivity index (χ1n) is 5.26. The zero-order valence-electron chi connectivity index (χ0n) is 9.34. The molecule has 0 saturated carbocycles. The number of fused-ring (bicyclic) bond motifs is 2. The van der Waals surface area contributed by atoms with E-state index in [4.69, 9.17) is 13.9 Å². The molecule has 3 aromatic rings. The van der Waals surface area contributed by atoms with Gasteiger partial charge in [0.05, 0.1) is 6.26 Å². The van der Waals surface area contributed by atoms with Crippen LogP contribution in [0.4, 0.5) is 0 Å². The van der Waals surface area contributed by atoms with Crippen LogP contribution in [-0.2, 0) is 0 Å². The third-order valence-electron chi connectivity index (χ3n) is 2.19. The van der Waals surface area contributed by atoms with Crippen LogP contribution in [0, 0.1) is 0 Å². The number of rotatable bonds is 0. The van der Waals surface area contributed by atoms with Gasteiger partial charge in [0.15, 0.2) is 0 Å². The molecule has 0 aliphatic carbocycles. The normalized spacial score (nSPS) is 10.2. The highest BCUT2D eigenvalue weighted by atomic mass is 16.4. The van der Waals surface area contributed by atoms with Crippen LogP contribution in [0.1, 0.15) is 6.92 Å². The van der Waals surface area contributed by atoms with Gasteiger partial charge in [-0.2, -0.15) is 0 Å². The molecule has 0 bridgehead atoms. The van der Waals surface area contributed by atoms with Gasteiger partial charge in [0.2, 0.25) is 0 Å². The summed E-state index contributed by atoms with van der Waals surface area (Å²) in [6.45, 7) is 1.93. The zero-order chi connectivity index (χ0) is 12.3. The summed E-state index contributed by atoms with van der Waals surface area (Å²) in [6.07, 6.45) is 1.61. The van der Waals surface area contributed by atoms with E-state index in [9.17, 15) is 4.79 Å². The molecule has 17 heavy (non-hydrogen) atoms. The number of aliphatic hydroxyl groups is 1. The van der Waals surface area contributed by atoms with E-state index in [1.54, 1.807) is 25.3 Å². The van der Waals surface area contributed by atoms with Gasteiger partial charge in [0.1, 0.15) is 11.2 Å². The second-order valence-electron chi connectivity index (χ2n) is 3.42. The Balaban J connectivity index is 0.000000329. The van der Waals surface area contributed by atoms with Crippen LogP contribution < -0.4 is 5.63 Å². The smallest absolute Gasteiger partial charge is 0.336 e. The lowest BCUT2D eigenvalue weighted by molar-refractivity contribution is 0.318. The number of aliphatic hydroxyl groups excluding tert-OH is 1. The fraction of sp³-hybridized carbons (Fsp3) is 0.154. The highest BCUT2D eigenvalue weighted by molar-refractivity contribution is 5.92. The summed E-state index contributed by atoms with van der Waals surface area (Å²) in [5, 5.41) is 9.48. The Bertz CT molecular complexity index is 678. The fourth-order valence-corrected chi connectivity index (χ4v) is 1.53. The Hall–Kier alpha value is -2.07. The van der Waals surface area contributed by atoms with Gasteiger partial charge < -0.3 is 13.9 Å². The van der Waals surface area contributed by atoms with Gasteiger partial charge in [-0.25, -0.2) is 4.79 Å². The van der Waals surface area contributed by atoms with Gasteiger partial charge in [-0.3, -0.25) is 0 Å². The van der Waals surface area contributed by atoms with Crippen molar-refractivity contribution in [3.63, 3.8) is 0 Å². The minimum absolute atomic E-state index is 0.250. The van der Waals surface area contributed by atoms with Crippen LogP contribution in [0.3, 0.4) is 0 Å². The van der Waals surface area contributed by atoms with Crippen molar-refractivity contribution in [2.24, 2.45) is 0 Å². The quantitative estimate of drug-likeness (QED) is 0.605. The molecule has 1 aromatic carbocycles. The van der Waals surface area contributed by atoms with Gasteiger partial charge in [-0.05, 0) is 25.1 Å². The molecule has 0 spiro atoms. The maximum atomic E-state index is 11.0. The maximum Gasteiger partial charge on any atom is 0.336 e. The van der Waals surface area contributed by atoms with Gasteiger partial charge in [0, 0.05) is 29.5 Å². The summed E-state index contributed by atoms with van der Waals surface area (Å²) < 4.78 is 10.2. The molecule has 4 nitrogen and oxygen atoms in total. The molecule has 0 fully saturated rings. The van der Waals surface area contributed by atoms with Crippen LogP contribution in [-0.4, -0.2) is 11.7 Å². The first-order chi connectivity index (χ1) is 8.24. The monoisotopic (exact) mass is 232 g/mol. The van der Waals surface area contributed by atoms with Crippen molar-refractivity contribution in [1.82, 2.24) is 0 Å². The van der Waals surface area contributed by atoms with Crippen molar-refractivity contribution in [1.29, 1.82) is 0 Å². The molecule has 0 aliphatic rings. The van der Waals surface area contributed by atoms with E-state index < -0.39 is 0 Å². The third kappa shape index (κ3) is 2.37. The van der Waals surface area contributed by atoms with Crippen molar-refractivity contribution >= 4 is 21.9 Å². The third-order valence-corrected chi connectivity index (χ3v) is 2.19. The molecule has 2 heterocycles. The van der Waals surface area contributed by atoms with Crippen LogP contribution in [0.5, 0.6) is 0 Å². The predicted molar refractivity (Wildman–Crippen MR) is 65.0 cm³/mol. The van der Waals surface area contributed by atoms with Gasteiger partial charge in [0.25, 0.3) is 0 Å². The highest BCUT2D eigenvalue weighted by Crippen LogP contribution is 2.22. The molecule has 1 N–H and O–H groups in total. The number of hydrogen-bond acceptors (Lipinski definition) is 4. The SMILES string of the molecule is CCO.O=c1ccc2cc3ccoc3cc2o1. The molecule has 0 saturated heterocycles. The Labute approximate surface area is 97.1 Å². The molecule has 2 aromatic heterocycles. The Morgan fingerprint density at radius 1 is 1.12 bits per heavy atom. The Morgan fingerprint density at radius 2 is 1.82 bits per heavy atom. The topological polar surface area (TPSA) is 63.6 Å². The molecule has 0 aliphatic heterocycles. The summed E-state index contributed by atoms with van der Waals surface area (Å²) in [6, 6.07) is 8.69. The average Bonchev–Trinajstić information content (AvgIpc) is 2.74. The molecule has 3 rings (SSSR count). The maximum absolute atomic E-state index is 11.0. The molecule has 0 amide bonds. The highest BCUT2D eigenvalue weighted by Gasteiger charge is 2.01. The predicted octanol–water partition coefficient (Wildman–Crippen LogP) is 2.54. The standard InChI is InChI=1S/C11H6O3.C2H6O/c12-11-2-1-7-5-8-3-4-13-9(8)6-10(7)14-11;1-2-3/h1-6H;3H,2H2,1H3. The summed E-state index contributed by atoms with van der Waals surface area (Å²) in [5.41, 5.74) is 0.940. The van der Waals surface area contributed by atoms with Crippen molar-refractivity contribution in [3.8, 4) is 0 Å². The summed E-state index contributed by atoms with van der Waals surface area (Å²) in [4.78, 5) is 11.0.